The molecule has 3 aliphatic rings. The van der Waals surface area contributed by atoms with Crippen LogP contribution in [0.1, 0.15) is 33.5 Å². The van der Waals surface area contributed by atoms with Gasteiger partial charge in [-0.15, -0.1) is 0 Å². The van der Waals surface area contributed by atoms with Crippen LogP contribution >= 0.6 is 0 Å². The van der Waals surface area contributed by atoms with Crippen molar-refractivity contribution in [3.05, 3.63) is 81.3 Å². The van der Waals surface area contributed by atoms with Crippen LogP contribution in [0.2, 0.25) is 0 Å². The van der Waals surface area contributed by atoms with Crippen LogP contribution in [0.15, 0.2) is 59.1 Å². The number of Topliss-reactive ketones (excluding diaryl/α,β-unsaturated/α-hetero) is 2. The van der Waals surface area contributed by atoms with E-state index >= 15 is 0 Å². The summed E-state index contributed by atoms with van der Waals surface area (Å²) < 4.78 is 5.16. The summed E-state index contributed by atoms with van der Waals surface area (Å²) in [5.41, 5.74) is 3.31. The Hall–Kier alpha value is -4.61. The number of hydrogen-bond donors (Lipinski definition) is 6. The first kappa shape index (κ1) is 28.9. The van der Waals surface area contributed by atoms with Crippen molar-refractivity contribution in [3.63, 3.8) is 0 Å². The number of methoxy groups -OCH3 is 1. The van der Waals surface area contributed by atoms with Crippen LogP contribution in [-0.2, 0) is 22.4 Å². The summed E-state index contributed by atoms with van der Waals surface area (Å²) >= 11 is 0. The second-order valence-electron chi connectivity index (χ2n) is 11.1. The number of fused-ring (bicyclic) bond motifs is 3. The molecule has 0 unspecified atom stereocenters. The van der Waals surface area contributed by atoms with Gasteiger partial charge in [0, 0.05) is 17.1 Å². The highest BCUT2D eigenvalue weighted by Crippen LogP contribution is 2.52. The zero-order valence-corrected chi connectivity index (χ0v) is 23.3. The molecule has 0 bridgehead atoms. The lowest BCUT2D eigenvalue weighted by molar-refractivity contribution is -0.148. The van der Waals surface area contributed by atoms with Gasteiger partial charge in [0.15, 0.2) is 22.9 Å². The number of benzene rings is 2. The average Bonchev–Trinajstić information content (AvgIpc) is 2.92. The number of nitrogens with two attached hydrogens (primary N) is 1. The summed E-state index contributed by atoms with van der Waals surface area (Å²) in [4.78, 5) is 40.8. The van der Waals surface area contributed by atoms with E-state index in [9.17, 15) is 39.9 Å². The molecule has 0 radical (unpaired) electrons. The van der Waals surface area contributed by atoms with Crippen LogP contribution in [-0.4, -0.2) is 80.8 Å². The lowest BCUT2D eigenvalue weighted by Crippen LogP contribution is -2.63. The molecule has 2 aromatic rings. The molecule has 0 aliphatic heterocycles. The summed E-state index contributed by atoms with van der Waals surface area (Å²) in [6.45, 7) is 0. The number of phenolic OH excluding ortho intramolecular Hbond substituents is 2. The first-order chi connectivity index (χ1) is 19.8. The number of allylic oxidation sites excluding steroid dienone is 2. The maximum atomic E-state index is 13.8. The topological polar surface area (TPSA) is 191 Å². The van der Waals surface area contributed by atoms with Gasteiger partial charge in [-0.2, -0.15) is 0 Å². The first-order valence-corrected chi connectivity index (χ1v) is 13.4. The fraction of sp³-hybridized carbons (Fsp3) is 0.323. The molecule has 5 rings (SSSR count). The largest absolute Gasteiger partial charge is 0.510 e. The zero-order valence-electron chi connectivity index (χ0n) is 23.3. The van der Waals surface area contributed by atoms with Gasteiger partial charge in [-0.3, -0.25) is 19.3 Å². The summed E-state index contributed by atoms with van der Waals surface area (Å²) in [6.07, 6.45) is 4.08. The van der Waals surface area contributed by atoms with Crippen LogP contribution in [0.3, 0.4) is 0 Å². The number of nitrogens with zero attached hydrogens (tertiary/aromatic N) is 1. The van der Waals surface area contributed by atoms with Gasteiger partial charge in [0.1, 0.15) is 22.8 Å². The molecule has 42 heavy (non-hydrogen) atoms. The molecule has 0 saturated carbocycles. The highest BCUT2D eigenvalue weighted by molar-refractivity contribution is 6.24. The van der Waals surface area contributed by atoms with E-state index in [-0.39, 0.29) is 35.5 Å². The number of carbonyl (C=O) groups is 3. The Morgan fingerprint density at radius 2 is 1.86 bits per heavy atom. The van der Waals surface area contributed by atoms with Crippen molar-refractivity contribution in [2.45, 2.75) is 30.9 Å². The smallest absolute Gasteiger partial charge is 0.255 e. The molecule has 2 aromatic carbocycles. The van der Waals surface area contributed by atoms with Gasteiger partial charge in [0.2, 0.25) is 5.78 Å². The molecule has 4 atom stereocenters. The van der Waals surface area contributed by atoms with Gasteiger partial charge in [0.05, 0.1) is 18.7 Å². The molecule has 0 saturated heterocycles. The molecule has 11 heteroatoms. The summed E-state index contributed by atoms with van der Waals surface area (Å²) in [6, 6.07) is 7.08. The fourth-order valence-electron chi connectivity index (χ4n) is 6.64. The number of primary amides is 1. The van der Waals surface area contributed by atoms with Gasteiger partial charge >= 0.3 is 0 Å². The number of hydrogen-bond acceptors (Lipinski definition) is 10. The lowest BCUT2D eigenvalue weighted by atomic mass is 9.58. The molecule has 220 valence electrons. The van der Waals surface area contributed by atoms with Crippen molar-refractivity contribution in [3.8, 4) is 17.2 Å². The van der Waals surface area contributed by atoms with Crippen molar-refractivity contribution in [1.29, 1.82) is 0 Å². The van der Waals surface area contributed by atoms with Crippen LogP contribution in [0.5, 0.6) is 17.2 Å². The Labute approximate surface area is 241 Å². The Bertz CT molecular complexity index is 1620. The van der Waals surface area contributed by atoms with E-state index < -0.39 is 58.0 Å². The maximum absolute atomic E-state index is 13.8. The standard InChI is InChI=1S/C31H32N2O9/c1-33(2)24-18-13-16-12-17-14(6-4-7-15-8-5-9-20(42-3)25(15)35)10-11-19(34)22(17)26(36)21(16)28(38)31(18,41)29(39)23(27(24)37)30(32)40/h4-6,8-11,16,18,24,34-35,37-38,41H,7,12-13H2,1-3H3,(H2,32,40)/b6-4-/t16-,18-,24-,31-/m0/s1. The fourth-order valence-corrected chi connectivity index (χ4v) is 6.64. The molecule has 7 N–H and O–H groups in total. The van der Waals surface area contributed by atoms with Crippen molar-refractivity contribution in [1.82, 2.24) is 4.90 Å². The third-order valence-electron chi connectivity index (χ3n) is 8.58. The summed E-state index contributed by atoms with van der Waals surface area (Å²) in [5.74, 6) is -6.58. The lowest BCUT2D eigenvalue weighted by Gasteiger charge is -2.50. The normalized spacial score (nSPS) is 25.5. The first-order valence-electron chi connectivity index (χ1n) is 13.4. The zero-order chi connectivity index (χ0) is 30.7. The number of ketones is 2. The molecule has 11 nitrogen and oxygen atoms in total. The molecule has 0 fully saturated rings. The van der Waals surface area contributed by atoms with Crippen molar-refractivity contribution < 1.29 is 44.7 Å². The molecular formula is C31H32N2O9. The minimum atomic E-state index is -2.68. The van der Waals surface area contributed by atoms with E-state index in [4.69, 9.17) is 10.5 Å². The summed E-state index contributed by atoms with van der Waals surface area (Å²) in [5, 5.41) is 55.1. The Morgan fingerprint density at radius 1 is 1.14 bits per heavy atom. The number of ether oxygens (including phenoxy) is 1. The van der Waals surface area contributed by atoms with E-state index in [0.29, 0.717) is 28.9 Å². The second kappa shape index (κ2) is 10.3. The average molecular weight is 577 g/mol. The number of phenols is 2. The second-order valence-corrected chi connectivity index (χ2v) is 11.1. The SMILES string of the molecule is COc1cccc(C/C=C\c2ccc(O)c3c2C[C@H]2C[C@H]4[C@H](N(C)C)C(O)=C(C(N)=O)C(=O)[C@@]4(O)C(O)=C2C3=O)c1O. The van der Waals surface area contributed by atoms with E-state index in [1.54, 1.807) is 50.5 Å². The number of likely N-dealkylation sites (N-methyl/N-ethyl adjacent to an activating group) is 1. The van der Waals surface area contributed by atoms with Gasteiger partial charge < -0.3 is 36.0 Å². The van der Waals surface area contributed by atoms with Crippen molar-refractivity contribution in [2.24, 2.45) is 17.6 Å². The number of para-hydroxylation sites is 1. The highest BCUT2D eigenvalue weighted by Gasteiger charge is 2.63. The minimum Gasteiger partial charge on any atom is -0.510 e. The van der Waals surface area contributed by atoms with Gasteiger partial charge in [-0.05, 0) is 62.5 Å². The quantitative estimate of drug-likeness (QED) is 0.278. The van der Waals surface area contributed by atoms with Crippen LogP contribution in [0, 0.1) is 11.8 Å². The van der Waals surface area contributed by atoms with Crippen LogP contribution in [0.4, 0.5) is 0 Å². The Balaban J connectivity index is 1.58. The number of rotatable bonds is 6. The molecule has 3 aliphatic carbocycles. The third kappa shape index (κ3) is 4.15. The third-order valence-corrected chi connectivity index (χ3v) is 8.58. The Kier molecular flexibility index (Phi) is 7.12. The number of aliphatic hydroxyl groups excluding tert-OH is 2. The van der Waals surface area contributed by atoms with Gasteiger partial charge in [0.25, 0.3) is 5.91 Å². The number of carbonyl (C=O) groups excluding carboxylic acids is 3. The predicted molar refractivity (Wildman–Crippen MR) is 151 cm³/mol. The van der Waals surface area contributed by atoms with E-state index in [1.807, 2.05) is 0 Å². The Morgan fingerprint density at radius 3 is 2.50 bits per heavy atom. The molecule has 0 heterocycles. The van der Waals surface area contributed by atoms with Crippen LogP contribution < -0.4 is 10.5 Å². The highest BCUT2D eigenvalue weighted by atomic mass is 16.5. The van der Waals surface area contributed by atoms with Crippen molar-refractivity contribution in [2.75, 3.05) is 21.2 Å². The number of aliphatic hydroxyl groups is 3. The van der Waals surface area contributed by atoms with E-state index in [2.05, 4.69) is 0 Å². The molecule has 0 aromatic heterocycles. The number of amides is 1. The van der Waals surface area contributed by atoms with E-state index in [0.717, 1.165) is 0 Å². The monoisotopic (exact) mass is 576 g/mol. The van der Waals surface area contributed by atoms with E-state index in [1.165, 1.54) is 18.1 Å². The molecule has 1 amide bonds. The van der Waals surface area contributed by atoms with Crippen molar-refractivity contribution >= 4 is 23.5 Å². The maximum Gasteiger partial charge on any atom is 0.255 e. The molecular weight excluding hydrogens is 544 g/mol. The predicted octanol–water partition coefficient (Wildman–Crippen LogP) is 2.09. The minimum absolute atomic E-state index is 0.00224. The van der Waals surface area contributed by atoms with Gasteiger partial charge in [-0.25, -0.2) is 0 Å². The van der Waals surface area contributed by atoms with Gasteiger partial charge in [-0.1, -0.05) is 30.4 Å². The summed E-state index contributed by atoms with van der Waals surface area (Å²) in [7, 11) is 4.61. The van der Waals surface area contributed by atoms with Crippen LogP contribution in [0.25, 0.3) is 6.08 Å². The number of aromatic hydroxyl groups is 2. The molecule has 0 spiro atoms.